The van der Waals surface area contributed by atoms with E-state index >= 15 is 0 Å². The van der Waals surface area contributed by atoms with Gasteiger partial charge in [0.25, 0.3) is 0 Å². The summed E-state index contributed by atoms with van der Waals surface area (Å²) < 4.78 is 16.2. The van der Waals surface area contributed by atoms with Crippen LogP contribution in [-0.4, -0.2) is 42.3 Å². The fourth-order valence-corrected chi connectivity index (χ4v) is 2.71. The van der Waals surface area contributed by atoms with Crippen LogP contribution in [0.1, 0.15) is 17.0 Å². The molecule has 7 heteroatoms. The van der Waals surface area contributed by atoms with Crippen molar-refractivity contribution < 1.29 is 18.7 Å². The van der Waals surface area contributed by atoms with Crippen LogP contribution in [0.4, 0.5) is 0 Å². The predicted molar refractivity (Wildman–Crippen MR) is 104 cm³/mol. The molecule has 0 radical (unpaired) electrons. The summed E-state index contributed by atoms with van der Waals surface area (Å²) in [4.78, 5) is 14.0. The molecule has 3 rings (SSSR count). The van der Waals surface area contributed by atoms with E-state index in [0.717, 1.165) is 11.1 Å². The highest BCUT2D eigenvalue weighted by Gasteiger charge is 2.16. The molecule has 0 unspecified atom stereocenters. The molecule has 0 N–H and O–H groups in total. The summed E-state index contributed by atoms with van der Waals surface area (Å²) in [6, 6.07) is 13.3. The maximum Gasteiger partial charge on any atom is 0.247 e. The maximum atomic E-state index is 12.4. The van der Waals surface area contributed by atoms with E-state index in [1.54, 1.807) is 38.3 Å². The van der Waals surface area contributed by atoms with Crippen molar-refractivity contribution in [3.63, 3.8) is 0 Å². The molecule has 0 saturated heterocycles. The van der Waals surface area contributed by atoms with Gasteiger partial charge < -0.3 is 18.8 Å². The zero-order valence-corrected chi connectivity index (χ0v) is 16.4. The van der Waals surface area contributed by atoms with E-state index in [1.165, 1.54) is 0 Å². The Hall–Kier alpha value is -3.35. The van der Waals surface area contributed by atoms with Gasteiger partial charge in [-0.15, -0.1) is 10.2 Å². The van der Waals surface area contributed by atoms with Gasteiger partial charge >= 0.3 is 0 Å². The van der Waals surface area contributed by atoms with Crippen LogP contribution in [0.25, 0.3) is 11.5 Å². The number of carbonyl (C=O) groups is 1. The van der Waals surface area contributed by atoms with Crippen molar-refractivity contribution >= 4 is 5.91 Å². The van der Waals surface area contributed by atoms with Gasteiger partial charge in [-0.1, -0.05) is 29.8 Å². The average molecular weight is 381 g/mol. The van der Waals surface area contributed by atoms with Crippen LogP contribution in [0.15, 0.2) is 46.9 Å². The lowest BCUT2D eigenvalue weighted by molar-refractivity contribution is -0.130. The molecule has 0 spiro atoms. The summed E-state index contributed by atoms with van der Waals surface area (Å²) in [7, 11) is 4.86. The Balaban J connectivity index is 1.66. The Morgan fingerprint density at radius 3 is 2.43 bits per heavy atom. The average Bonchev–Trinajstić information content (AvgIpc) is 3.17. The largest absolute Gasteiger partial charge is 0.493 e. The lowest BCUT2D eigenvalue weighted by Gasteiger charge is -2.14. The van der Waals surface area contributed by atoms with Crippen molar-refractivity contribution in [2.75, 3.05) is 21.3 Å². The molecule has 0 aliphatic carbocycles. The van der Waals surface area contributed by atoms with E-state index in [9.17, 15) is 4.79 Å². The molecule has 1 heterocycles. The van der Waals surface area contributed by atoms with E-state index in [0.29, 0.717) is 35.3 Å². The fraction of sp³-hybridized carbons (Fsp3) is 0.286. The quantitative estimate of drug-likeness (QED) is 0.625. The summed E-state index contributed by atoms with van der Waals surface area (Å²) in [6.45, 7) is 2.26. The first-order chi connectivity index (χ1) is 13.5. The zero-order valence-electron chi connectivity index (χ0n) is 16.4. The number of methoxy groups -OCH3 is 2. The first-order valence-corrected chi connectivity index (χ1v) is 8.84. The van der Waals surface area contributed by atoms with Crippen molar-refractivity contribution in [3.8, 4) is 23.0 Å². The van der Waals surface area contributed by atoms with Gasteiger partial charge in [-0.05, 0) is 30.7 Å². The predicted octanol–water partition coefficient (Wildman–Crippen LogP) is 3.26. The summed E-state index contributed by atoms with van der Waals surface area (Å²) >= 11 is 0. The molecule has 0 atom stereocenters. The van der Waals surface area contributed by atoms with Crippen molar-refractivity contribution in [2.45, 2.75) is 19.9 Å². The molecule has 7 nitrogen and oxygen atoms in total. The topological polar surface area (TPSA) is 77.7 Å². The second kappa shape index (κ2) is 8.56. The third-order valence-electron chi connectivity index (χ3n) is 4.37. The molecule has 1 aromatic heterocycles. The van der Waals surface area contributed by atoms with Gasteiger partial charge in [-0.25, -0.2) is 0 Å². The van der Waals surface area contributed by atoms with Crippen molar-refractivity contribution in [1.29, 1.82) is 0 Å². The SMILES string of the molecule is COc1ccc(-c2nnc(CN(C)C(=O)Cc3ccc(C)cc3)o2)cc1OC. The molecule has 146 valence electrons. The molecule has 0 fully saturated rings. The lowest BCUT2D eigenvalue weighted by atomic mass is 10.1. The number of benzene rings is 2. The highest BCUT2D eigenvalue weighted by molar-refractivity contribution is 5.78. The number of hydrogen-bond acceptors (Lipinski definition) is 6. The third kappa shape index (κ3) is 4.49. The normalized spacial score (nSPS) is 10.6. The van der Waals surface area contributed by atoms with Crippen molar-refractivity contribution in [1.82, 2.24) is 15.1 Å². The standard InChI is InChI=1S/C21H23N3O4/c1-14-5-7-15(8-6-14)11-20(25)24(2)13-19-22-23-21(28-19)16-9-10-17(26-3)18(12-16)27-4/h5-10,12H,11,13H2,1-4H3. The smallest absolute Gasteiger partial charge is 0.247 e. The van der Waals surface area contributed by atoms with Gasteiger partial charge in [0.05, 0.1) is 27.2 Å². The number of aromatic nitrogens is 2. The summed E-state index contributed by atoms with van der Waals surface area (Å²) in [5, 5.41) is 8.12. The molecule has 0 aliphatic heterocycles. The fourth-order valence-electron chi connectivity index (χ4n) is 2.71. The molecule has 28 heavy (non-hydrogen) atoms. The second-order valence-corrected chi connectivity index (χ2v) is 6.48. The number of hydrogen-bond donors (Lipinski definition) is 0. The molecule has 1 amide bonds. The van der Waals surface area contributed by atoms with Crippen LogP contribution < -0.4 is 9.47 Å². The van der Waals surface area contributed by atoms with Gasteiger partial charge in [-0.2, -0.15) is 0 Å². The van der Waals surface area contributed by atoms with Gasteiger partial charge in [-0.3, -0.25) is 4.79 Å². The minimum atomic E-state index is -0.0188. The van der Waals surface area contributed by atoms with Crippen LogP contribution in [0.5, 0.6) is 11.5 Å². The highest BCUT2D eigenvalue weighted by atomic mass is 16.5. The Bertz CT molecular complexity index is 951. The van der Waals surface area contributed by atoms with E-state index in [-0.39, 0.29) is 12.5 Å². The first kappa shape index (κ1) is 19.4. The monoisotopic (exact) mass is 381 g/mol. The maximum absolute atomic E-state index is 12.4. The van der Waals surface area contributed by atoms with Gasteiger partial charge in [0.2, 0.25) is 17.7 Å². The molecular weight excluding hydrogens is 358 g/mol. The highest BCUT2D eigenvalue weighted by Crippen LogP contribution is 2.31. The number of aryl methyl sites for hydroxylation is 1. The summed E-state index contributed by atoms with van der Waals surface area (Å²) in [5.41, 5.74) is 2.85. The van der Waals surface area contributed by atoms with Gasteiger partial charge in [0.15, 0.2) is 11.5 Å². The van der Waals surface area contributed by atoms with Crippen LogP contribution in [-0.2, 0) is 17.8 Å². The van der Waals surface area contributed by atoms with Gasteiger partial charge in [0, 0.05) is 12.6 Å². The molecular formula is C21H23N3O4. The van der Waals surface area contributed by atoms with E-state index < -0.39 is 0 Å². The van der Waals surface area contributed by atoms with E-state index in [2.05, 4.69) is 10.2 Å². The minimum Gasteiger partial charge on any atom is -0.493 e. The number of nitrogens with zero attached hydrogens (tertiary/aromatic N) is 3. The molecule has 0 saturated carbocycles. The molecule has 2 aromatic carbocycles. The van der Waals surface area contributed by atoms with Crippen LogP contribution >= 0.6 is 0 Å². The lowest BCUT2D eigenvalue weighted by Crippen LogP contribution is -2.27. The third-order valence-corrected chi connectivity index (χ3v) is 4.37. The Morgan fingerprint density at radius 2 is 1.75 bits per heavy atom. The Kier molecular flexibility index (Phi) is 5.93. The number of amides is 1. The molecule has 0 aliphatic rings. The first-order valence-electron chi connectivity index (χ1n) is 8.84. The molecule has 3 aromatic rings. The van der Waals surface area contributed by atoms with Gasteiger partial charge in [0.1, 0.15) is 0 Å². The van der Waals surface area contributed by atoms with Crippen LogP contribution in [0.2, 0.25) is 0 Å². The van der Waals surface area contributed by atoms with E-state index in [4.69, 9.17) is 13.9 Å². The van der Waals surface area contributed by atoms with Crippen LogP contribution in [0, 0.1) is 6.92 Å². The second-order valence-electron chi connectivity index (χ2n) is 6.48. The Morgan fingerprint density at radius 1 is 1.04 bits per heavy atom. The summed E-state index contributed by atoms with van der Waals surface area (Å²) in [5.74, 6) is 1.90. The molecule has 0 bridgehead atoms. The number of carbonyl (C=O) groups excluding carboxylic acids is 1. The zero-order chi connectivity index (χ0) is 20.1. The minimum absolute atomic E-state index is 0.0188. The Labute approximate surface area is 163 Å². The van der Waals surface area contributed by atoms with Crippen LogP contribution in [0.3, 0.4) is 0 Å². The summed E-state index contributed by atoms with van der Waals surface area (Å²) in [6.07, 6.45) is 0.327. The number of rotatable bonds is 7. The van der Waals surface area contributed by atoms with Crippen molar-refractivity contribution in [2.24, 2.45) is 0 Å². The number of ether oxygens (including phenoxy) is 2. The van der Waals surface area contributed by atoms with Crippen molar-refractivity contribution in [3.05, 3.63) is 59.5 Å². The van der Waals surface area contributed by atoms with E-state index in [1.807, 2.05) is 37.3 Å². The number of likely N-dealkylation sites (N-methyl/N-ethyl adjacent to an activating group) is 1.